The Morgan fingerprint density at radius 1 is 0.903 bits per heavy atom. The van der Waals surface area contributed by atoms with Gasteiger partial charge in [0.05, 0.1) is 19.3 Å². The molecule has 0 spiro atoms. The van der Waals surface area contributed by atoms with E-state index in [1.54, 1.807) is 0 Å². The lowest BCUT2D eigenvalue weighted by Crippen LogP contribution is -2.31. The molecule has 0 unspecified atom stereocenters. The number of nitrogens with zero attached hydrogens (tertiary/aromatic N) is 1. The van der Waals surface area contributed by atoms with Gasteiger partial charge in [0.25, 0.3) is 5.91 Å². The van der Waals surface area contributed by atoms with Crippen LogP contribution < -0.4 is 14.8 Å². The molecule has 162 valence electrons. The van der Waals surface area contributed by atoms with Crippen LogP contribution in [0.3, 0.4) is 0 Å². The summed E-state index contributed by atoms with van der Waals surface area (Å²) in [6.07, 6.45) is 0.867. The summed E-state index contributed by atoms with van der Waals surface area (Å²) >= 11 is 0. The molecule has 3 aromatic rings. The minimum absolute atomic E-state index is 0.0849. The number of hydrogen-bond acceptors (Lipinski definition) is 3. The standard InChI is InChI=1S/C26H30N2O3/c1-17(2)25(21-10-13-23-24(16-21)31-15-5-14-30-23)27-26(29)20-8-11-22(12-9-20)28-18(3)6-7-19(28)4/h6-13,16-17,25H,5,14-15H2,1-4H3,(H,27,29)/t25-/m0/s1. The maximum atomic E-state index is 13.0. The van der Waals surface area contributed by atoms with E-state index < -0.39 is 0 Å². The van der Waals surface area contributed by atoms with Crippen molar-refractivity contribution in [3.8, 4) is 17.2 Å². The fourth-order valence-corrected chi connectivity index (χ4v) is 4.07. The number of carbonyl (C=O) groups excluding carboxylic acids is 1. The quantitative estimate of drug-likeness (QED) is 0.605. The molecule has 0 aliphatic carbocycles. The van der Waals surface area contributed by atoms with Crippen molar-refractivity contribution in [2.24, 2.45) is 5.92 Å². The molecule has 1 aliphatic rings. The number of benzene rings is 2. The molecular formula is C26H30N2O3. The lowest BCUT2D eigenvalue weighted by atomic mass is 9.95. The van der Waals surface area contributed by atoms with Gasteiger partial charge in [-0.1, -0.05) is 19.9 Å². The van der Waals surface area contributed by atoms with Crippen LogP contribution in [-0.2, 0) is 0 Å². The van der Waals surface area contributed by atoms with E-state index in [1.807, 2.05) is 42.5 Å². The zero-order chi connectivity index (χ0) is 22.0. The lowest BCUT2D eigenvalue weighted by Gasteiger charge is -2.24. The Kier molecular flexibility index (Phi) is 6.03. The molecule has 1 amide bonds. The number of ether oxygens (including phenoxy) is 2. The zero-order valence-corrected chi connectivity index (χ0v) is 18.6. The highest BCUT2D eigenvalue weighted by Gasteiger charge is 2.22. The van der Waals surface area contributed by atoms with Gasteiger partial charge in [-0.15, -0.1) is 0 Å². The third-order valence-corrected chi connectivity index (χ3v) is 5.74. The van der Waals surface area contributed by atoms with E-state index in [0.29, 0.717) is 18.8 Å². The number of rotatable bonds is 5. The molecule has 0 radical (unpaired) electrons. The molecule has 1 N–H and O–H groups in total. The molecule has 1 aromatic heterocycles. The molecule has 2 heterocycles. The number of nitrogens with one attached hydrogen (secondary N) is 1. The highest BCUT2D eigenvalue weighted by Crippen LogP contribution is 2.34. The molecule has 1 atom stereocenters. The second-order valence-corrected chi connectivity index (χ2v) is 8.45. The first kappa shape index (κ1) is 21.0. The van der Waals surface area contributed by atoms with Crippen molar-refractivity contribution in [2.75, 3.05) is 13.2 Å². The Hall–Kier alpha value is -3.21. The van der Waals surface area contributed by atoms with E-state index in [0.717, 1.165) is 29.2 Å². The molecular weight excluding hydrogens is 388 g/mol. The molecule has 5 nitrogen and oxygen atoms in total. The van der Waals surface area contributed by atoms with Gasteiger partial charge in [0.1, 0.15) is 0 Å². The summed E-state index contributed by atoms with van der Waals surface area (Å²) < 4.78 is 13.8. The third-order valence-electron chi connectivity index (χ3n) is 5.74. The van der Waals surface area contributed by atoms with Crippen LogP contribution in [0.2, 0.25) is 0 Å². The normalized spacial score (nSPS) is 14.2. The summed E-state index contributed by atoms with van der Waals surface area (Å²) in [5.41, 5.74) is 5.06. The van der Waals surface area contributed by atoms with Crippen LogP contribution in [0.25, 0.3) is 5.69 Å². The minimum Gasteiger partial charge on any atom is -0.490 e. The maximum Gasteiger partial charge on any atom is 0.251 e. The topological polar surface area (TPSA) is 52.5 Å². The molecule has 31 heavy (non-hydrogen) atoms. The SMILES string of the molecule is Cc1ccc(C)n1-c1ccc(C(=O)N[C@H](c2ccc3c(c2)OCCCO3)C(C)C)cc1. The Bertz CT molecular complexity index is 1050. The van der Waals surface area contributed by atoms with Gasteiger partial charge in [0.15, 0.2) is 11.5 Å². The molecule has 5 heteroatoms. The average molecular weight is 419 g/mol. The predicted octanol–water partition coefficient (Wildman–Crippen LogP) is 5.38. The minimum atomic E-state index is -0.127. The molecule has 1 aliphatic heterocycles. The number of amides is 1. The fourth-order valence-electron chi connectivity index (χ4n) is 4.07. The van der Waals surface area contributed by atoms with Gasteiger partial charge in [-0.05, 0) is 73.9 Å². The zero-order valence-electron chi connectivity index (χ0n) is 18.6. The van der Waals surface area contributed by atoms with E-state index >= 15 is 0 Å². The smallest absolute Gasteiger partial charge is 0.251 e. The second kappa shape index (κ2) is 8.88. The van der Waals surface area contributed by atoms with Crippen molar-refractivity contribution in [1.82, 2.24) is 9.88 Å². The van der Waals surface area contributed by atoms with Crippen molar-refractivity contribution in [3.63, 3.8) is 0 Å². The maximum absolute atomic E-state index is 13.0. The van der Waals surface area contributed by atoms with Crippen molar-refractivity contribution in [2.45, 2.75) is 40.2 Å². The van der Waals surface area contributed by atoms with Crippen LogP contribution in [-0.4, -0.2) is 23.7 Å². The number of hydrogen-bond donors (Lipinski definition) is 1. The summed E-state index contributed by atoms with van der Waals surface area (Å²) in [4.78, 5) is 13.0. The summed E-state index contributed by atoms with van der Waals surface area (Å²) in [7, 11) is 0. The van der Waals surface area contributed by atoms with Gasteiger partial charge in [0.2, 0.25) is 0 Å². The fraction of sp³-hybridized carbons (Fsp3) is 0.346. The van der Waals surface area contributed by atoms with Gasteiger partial charge in [-0.3, -0.25) is 4.79 Å². The molecule has 4 rings (SSSR count). The molecule has 0 fully saturated rings. The van der Waals surface area contributed by atoms with E-state index in [1.165, 1.54) is 11.4 Å². The number of aryl methyl sites for hydroxylation is 2. The Morgan fingerprint density at radius 2 is 1.55 bits per heavy atom. The van der Waals surface area contributed by atoms with Crippen LogP contribution in [0.5, 0.6) is 11.5 Å². The summed E-state index contributed by atoms with van der Waals surface area (Å²) in [5.74, 6) is 1.65. The highest BCUT2D eigenvalue weighted by atomic mass is 16.5. The van der Waals surface area contributed by atoms with Gasteiger partial charge in [0, 0.05) is 29.1 Å². The third kappa shape index (κ3) is 4.46. The highest BCUT2D eigenvalue weighted by molar-refractivity contribution is 5.94. The lowest BCUT2D eigenvalue weighted by molar-refractivity contribution is 0.0925. The predicted molar refractivity (Wildman–Crippen MR) is 122 cm³/mol. The molecule has 2 aromatic carbocycles. The van der Waals surface area contributed by atoms with Crippen molar-refractivity contribution in [1.29, 1.82) is 0 Å². The van der Waals surface area contributed by atoms with Gasteiger partial charge in [-0.25, -0.2) is 0 Å². The first-order chi connectivity index (χ1) is 14.9. The van der Waals surface area contributed by atoms with Crippen molar-refractivity contribution >= 4 is 5.91 Å². The van der Waals surface area contributed by atoms with Crippen LogP contribution in [0, 0.1) is 19.8 Å². The van der Waals surface area contributed by atoms with E-state index in [2.05, 4.69) is 49.7 Å². The second-order valence-electron chi connectivity index (χ2n) is 8.45. The van der Waals surface area contributed by atoms with Gasteiger partial charge < -0.3 is 19.4 Å². The van der Waals surface area contributed by atoms with Crippen LogP contribution in [0.15, 0.2) is 54.6 Å². The van der Waals surface area contributed by atoms with E-state index in [4.69, 9.17) is 9.47 Å². The Balaban J connectivity index is 1.54. The Morgan fingerprint density at radius 3 is 2.19 bits per heavy atom. The van der Waals surface area contributed by atoms with Gasteiger partial charge >= 0.3 is 0 Å². The summed E-state index contributed by atoms with van der Waals surface area (Å²) in [5, 5.41) is 3.21. The van der Waals surface area contributed by atoms with Crippen LogP contribution in [0.1, 0.15) is 53.6 Å². The molecule has 0 bridgehead atoms. The molecule has 0 saturated carbocycles. The van der Waals surface area contributed by atoms with Gasteiger partial charge in [-0.2, -0.15) is 0 Å². The van der Waals surface area contributed by atoms with E-state index in [-0.39, 0.29) is 17.9 Å². The monoisotopic (exact) mass is 418 g/mol. The summed E-state index contributed by atoms with van der Waals surface area (Å²) in [6.45, 7) is 9.67. The van der Waals surface area contributed by atoms with Crippen LogP contribution in [0.4, 0.5) is 0 Å². The van der Waals surface area contributed by atoms with E-state index in [9.17, 15) is 4.79 Å². The summed E-state index contributed by atoms with van der Waals surface area (Å²) in [6, 6.07) is 17.8. The van der Waals surface area contributed by atoms with Crippen molar-refractivity contribution < 1.29 is 14.3 Å². The average Bonchev–Trinajstić information content (AvgIpc) is 2.95. The number of carbonyl (C=O) groups is 1. The van der Waals surface area contributed by atoms with Crippen molar-refractivity contribution in [3.05, 3.63) is 77.1 Å². The van der Waals surface area contributed by atoms with Crippen LogP contribution >= 0.6 is 0 Å². The molecule has 0 saturated heterocycles. The first-order valence-electron chi connectivity index (χ1n) is 10.9. The first-order valence-corrected chi connectivity index (χ1v) is 10.9. The number of aromatic nitrogens is 1. The largest absolute Gasteiger partial charge is 0.490 e. The number of fused-ring (bicyclic) bond motifs is 1. The Labute approximate surface area is 184 Å².